The van der Waals surface area contributed by atoms with Crippen molar-refractivity contribution in [3.63, 3.8) is 0 Å². The normalized spacial score (nSPS) is 19.1. The number of aromatic amines is 1. The second-order valence-electron chi connectivity index (χ2n) is 7.41. The van der Waals surface area contributed by atoms with Crippen LogP contribution in [0.5, 0.6) is 0 Å². The number of aromatic nitrogens is 2. The van der Waals surface area contributed by atoms with E-state index in [9.17, 15) is 9.59 Å². The van der Waals surface area contributed by atoms with E-state index in [1.807, 2.05) is 17.5 Å². The molecule has 0 fully saturated rings. The SMILES string of the molecule is CC(C)CCSc1nc2c(c(=O)[nH]1)C(c1cccs1)C1=C(CCCC1=O)N2. The Kier molecular flexibility index (Phi) is 5.23. The topological polar surface area (TPSA) is 74.8 Å². The van der Waals surface area contributed by atoms with Crippen LogP contribution in [0.2, 0.25) is 0 Å². The highest BCUT2D eigenvalue weighted by atomic mass is 32.2. The smallest absolute Gasteiger partial charge is 0.257 e. The van der Waals surface area contributed by atoms with Crippen molar-refractivity contribution >= 4 is 34.7 Å². The first kappa shape index (κ1) is 18.5. The summed E-state index contributed by atoms with van der Waals surface area (Å²) in [6.45, 7) is 4.37. The van der Waals surface area contributed by atoms with Crippen molar-refractivity contribution in [3.8, 4) is 0 Å². The second kappa shape index (κ2) is 7.64. The molecule has 1 aliphatic heterocycles. The molecule has 0 saturated heterocycles. The summed E-state index contributed by atoms with van der Waals surface area (Å²) in [7, 11) is 0. The van der Waals surface area contributed by atoms with Crippen molar-refractivity contribution in [3.05, 3.63) is 49.6 Å². The van der Waals surface area contributed by atoms with E-state index < -0.39 is 0 Å². The van der Waals surface area contributed by atoms with E-state index in [0.717, 1.165) is 41.2 Å². The minimum atomic E-state index is -0.310. The molecule has 2 aromatic rings. The maximum absolute atomic E-state index is 13.0. The number of hydrogen-bond acceptors (Lipinski definition) is 6. The Morgan fingerprint density at radius 2 is 2.19 bits per heavy atom. The Labute approximate surface area is 166 Å². The van der Waals surface area contributed by atoms with Gasteiger partial charge in [0.1, 0.15) is 5.82 Å². The molecule has 0 spiro atoms. The number of fused-ring (bicyclic) bond motifs is 1. The molecule has 7 heteroatoms. The zero-order chi connectivity index (χ0) is 19.0. The molecule has 2 aromatic heterocycles. The molecular formula is C20H23N3O2S2. The maximum atomic E-state index is 13.0. The minimum absolute atomic E-state index is 0.141. The van der Waals surface area contributed by atoms with Crippen LogP contribution in [0.1, 0.15) is 55.9 Å². The van der Waals surface area contributed by atoms with Gasteiger partial charge in [0, 0.05) is 28.3 Å². The molecule has 2 N–H and O–H groups in total. The Balaban J connectivity index is 1.77. The van der Waals surface area contributed by atoms with E-state index in [1.165, 1.54) is 0 Å². The van der Waals surface area contributed by atoms with Crippen LogP contribution >= 0.6 is 23.1 Å². The summed E-state index contributed by atoms with van der Waals surface area (Å²) in [6.07, 6.45) is 3.29. The van der Waals surface area contributed by atoms with E-state index >= 15 is 0 Å². The molecule has 27 heavy (non-hydrogen) atoms. The summed E-state index contributed by atoms with van der Waals surface area (Å²) in [6, 6.07) is 3.97. The Hall–Kier alpha value is -1.86. The predicted octanol–water partition coefficient (Wildman–Crippen LogP) is 4.53. The first-order chi connectivity index (χ1) is 13.0. The van der Waals surface area contributed by atoms with E-state index in [0.29, 0.717) is 28.9 Å². The van der Waals surface area contributed by atoms with Gasteiger partial charge in [-0.1, -0.05) is 31.7 Å². The van der Waals surface area contributed by atoms with Gasteiger partial charge in [-0.3, -0.25) is 9.59 Å². The lowest BCUT2D eigenvalue weighted by Gasteiger charge is -2.32. The molecule has 1 unspecified atom stereocenters. The minimum Gasteiger partial charge on any atom is -0.343 e. The number of Topliss-reactive ketones (excluding diaryl/α,β-unsaturated/α-hetero) is 1. The fraction of sp³-hybridized carbons (Fsp3) is 0.450. The van der Waals surface area contributed by atoms with E-state index in [-0.39, 0.29) is 17.3 Å². The predicted molar refractivity (Wildman–Crippen MR) is 111 cm³/mol. The van der Waals surface area contributed by atoms with Gasteiger partial charge >= 0.3 is 0 Å². The lowest BCUT2D eigenvalue weighted by molar-refractivity contribution is -0.116. The average molecular weight is 402 g/mol. The number of nitrogens with zero attached hydrogens (tertiary/aromatic N) is 1. The Bertz CT molecular complexity index is 945. The quantitative estimate of drug-likeness (QED) is 0.568. The van der Waals surface area contributed by atoms with Gasteiger partial charge in [-0.2, -0.15) is 0 Å². The van der Waals surface area contributed by atoms with Crippen LogP contribution in [0.15, 0.2) is 38.7 Å². The fourth-order valence-corrected chi connectivity index (χ4v) is 5.59. The fourth-order valence-electron chi connectivity index (χ4n) is 3.64. The number of anilines is 1. The number of nitrogens with one attached hydrogen (secondary N) is 2. The number of carbonyl (C=O) groups excluding carboxylic acids is 1. The zero-order valence-corrected chi connectivity index (χ0v) is 17.1. The van der Waals surface area contributed by atoms with E-state index in [2.05, 4.69) is 24.1 Å². The van der Waals surface area contributed by atoms with Crippen molar-refractivity contribution in [1.82, 2.24) is 9.97 Å². The van der Waals surface area contributed by atoms with Gasteiger partial charge in [0.15, 0.2) is 10.9 Å². The lowest BCUT2D eigenvalue weighted by Crippen LogP contribution is -2.32. The van der Waals surface area contributed by atoms with Crippen LogP contribution < -0.4 is 10.9 Å². The summed E-state index contributed by atoms with van der Waals surface area (Å²) in [5, 5.41) is 5.95. The maximum Gasteiger partial charge on any atom is 0.257 e. The van der Waals surface area contributed by atoms with Gasteiger partial charge in [-0.25, -0.2) is 4.98 Å². The van der Waals surface area contributed by atoms with Crippen LogP contribution in [0, 0.1) is 5.92 Å². The Morgan fingerprint density at radius 1 is 1.33 bits per heavy atom. The average Bonchev–Trinajstić information content (AvgIpc) is 3.14. The van der Waals surface area contributed by atoms with E-state index in [4.69, 9.17) is 4.98 Å². The molecule has 1 aliphatic carbocycles. The molecule has 0 bridgehead atoms. The third-order valence-corrected chi connectivity index (χ3v) is 6.84. The van der Waals surface area contributed by atoms with Crippen LogP contribution in [0.4, 0.5) is 5.82 Å². The molecule has 0 saturated carbocycles. The summed E-state index contributed by atoms with van der Waals surface area (Å²) >= 11 is 3.16. The van der Waals surface area contributed by atoms with Crippen molar-refractivity contribution < 1.29 is 4.79 Å². The standard InChI is InChI=1S/C20H23N3O2S2/c1-11(2)8-10-27-20-22-18-17(19(25)23-20)16(14-7-4-9-26-14)15-12(21-18)5-3-6-13(15)24/h4,7,9,11,16H,3,5-6,8,10H2,1-2H3,(H2,21,22,23,25). The van der Waals surface area contributed by atoms with Gasteiger partial charge in [0.25, 0.3) is 5.56 Å². The second-order valence-corrected chi connectivity index (χ2v) is 9.47. The first-order valence-corrected chi connectivity index (χ1v) is 11.2. The molecule has 0 aromatic carbocycles. The van der Waals surface area contributed by atoms with Crippen molar-refractivity contribution in [2.24, 2.45) is 5.92 Å². The van der Waals surface area contributed by atoms with Crippen molar-refractivity contribution in [2.75, 3.05) is 11.1 Å². The number of rotatable bonds is 5. The largest absolute Gasteiger partial charge is 0.343 e. The highest BCUT2D eigenvalue weighted by Crippen LogP contribution is 2.44. The summed E-state index contributed by atoms with van der Waals surface area (Å²) in [4.78, 5) is 34.4. The number of ketones is 1. The summed E-state index contributed by atoms with van der Waals surface area (Å²) in [5.74, 6) is 1.97. The van der Waals surface area contributed by atoms with Crippen LogP contribution in [0.3, 0.4) is 0 Å². The van der Waals surface area contributed by atoms with Crippen molar-refractivity contribution in [2.45, 2.75) is 50.6 Å². The molecule has 0 amide bonds. The third-order valence-electron chi connectivity index (χ3n) is 5.00. The first-order valence-electron chi connectivity index (χ1n) is 9.38. The zero-order valence-electron chi connectivity index (χ0n) is 15.5. The van der Waals surface area contributed by atoms with Crippen LogP contribution in [0.25, 0.3) is 0 Å². The molecule has 1 atom stereocenters. The monoisotopic (exact) mass is 401 g/mol. The number of carbonyl (C=O) groups is 1. The van der Waals surface area contributed by atoms with Gasteiger partial charge < -0.3 is 10.3 Å². The number of thioether (sulfide) groups is 1. The molecule has 5 nitrogen and oxygen atoms in total. The van der Waals surface area contributed by atoms with Gasteiger partial charge in [-0.05, 0) is 36.6 Å². The number of allylic oxidation sites excluding steroid dienone is 2. The Morgan fingerprint density at radius 3 is 2.93 bits per heavy atom. The summed E-state index contributed by atoms with van der Waals surface area (Å²) in [5.41, 5.74) is 2.11. The van der Waals surface area contributed by atoms with Crippen LogP contribution in [-0.2, 0) is 4.79 Å². The number of thiophene rings is 1. The van der Waals surface area contributed by atoms with Gasteiger partial charge in [-0.15, -0.1) is 11.3 Å². The van der Waals surface area contributed by atoms with E-state index in [1.54, 1.807) is 23.1 Å². The summed E-state index contributed by atoms with van der Waals surface area (Å²) < 4.78 is 0. The molecule has 142 valence electrons. The number of hydrogen-bond donors (Lipinski definition) is 2. The van der Waals surface area contributed by atoms with Gasteiger partial charge in [0.2, 0.25) is 0 Å². The molecule has 3 heterocycles. The van der Waals surface area contributed by atoms with Crippen molar-refractivity contribution in [1.29, 1.82) is 0 Å². The lowest BCUT2D eigenvalue weighted by atomic mass is 9.79. The highest BCUT2D eigenvalue weighted by molar-refractivity contribution is 7.99. The molecule has 4 rings (SSSR count). The molecule has 0 radical (unpaired) electrons. The van der Waals surface area contributed by atoms with Gasteiger partial charge in [0.05, 0.1) is 11.5 Å². The number of H-pyrrole nitrogens is 1. The molecule has 2 aliphatic rings. The third kappa shape index (κ3) is 3.62. The molecular weight excluding hydrogens is 378 g/mol. The van der Waals surface area contributed by atoms with Crippen LogP contribution in [-0.4, -0.2) is 21.5 Å². The highest BCUT2D eigenvalue weighted by Gasteiger charge is 2.38.